The van der Waals surface area contributed by atoms with Gasteiger partial charge in [-0.1, -0.05) is 5.16 Å². The summed E-state index contributed by atoms with van der Waals surface area (Å²) in [4.78, 5) is 19.3. The third-order valence-electron chi connectivity index (χ3n) is 4.56. The maximum Gasteiger partial charge on any atom is 0.471 e. The summed E-state index contributed by atoms with van der Waals surface area (Å²) in [6.45, 7) is 6.62. The Hall–Kier alpha value is -2.78. The van der Waals surface area contributed by atoms with Crippen LogP contribution >= 0.6 is 0 Å². The van der Waals surface area contributed by atoms with Crippen LogP contribution in [0.25, 0.3) is 11.4 Å². The van der Waals surface area contributed by atoms with E-state index in [9.17, 15) is 18.0 Å². The van der Waals surface area contributed by atoms with Crippen LogP contribution in [0.15, 0.2) is 28.8 Å². The number of alkyl halides is 3. The third-order valence-corrected chi connectivity index (χ3v) is 4.56. The normalized spacial score (nSPS) is 17.5. The molecule has 2 heterocycles. The molecule has 0 unspecified atom stereocenters. The topological polar surface area (TPSA) is 71.7 Å². The van der Waals surface area contributed by atoms with Gasteiger partial charge in [0, 0.05) is 37.4 Å². The summed E-state index contributed by atoms with van der Waals surface area (Å²) in [6.07, 6.45) is -4.22. The lowest BCUT2D eigenvalue weighted by molar-refractivity contribution is -0.159. The second kappa shape index (κ2) is 7.57. The van der Waals surface area contributed by atoms with Crippen molar-refractivity contribution in [1.82, 2.24) is 15.0 Å². The van der Waals surface area contributed by atoms with Crippen molar-refractivity contribution in [2.75, 3.05) is 25.0 Å². The molecule has 7 nitrogen and oxygen atoms in total. The fourth-order valence-electron chi connectivity index (χ4n) is 3.06. The fraction of sp³-hybridized carbons (Fsp3) is 0.526. The molecule has 0 N–H and O–H groups in total. The number of rotatable bonds is 3. The zero-order valence-corrected chi connectivity index (χ0v) is 16.7. The van der Waals surface area contributed by atoms with Gasteiger partial charge in [-0.2, -0.15) is 18.2 Å². The van der Waals surface area contributed by atoms with Crippen LogP contribution in [0.4, 0.5) is 23.7 Å². The molecule has 1 atom stereocenters. The van der Waals surface area contributed by atoms with Gasteiger partial charge in [-0.25, -0.2) is 4.79 Å². The lowest BCUT2D eigenvalue weighted by Gasteiger charge is -2.28. The molecule has 1 aliphatic rings. The van der Waals surface area contributed by atoms with Gasteiger partial charge in [-0.05, 0) is 51.5 Å². The van der Waals surface area contributed by atoms with Crippen molar-refractivity contribution in [2.45, 2.75) is 45.0 Å². The molecular formula is C19H23F3N4O3. The molecule has 0 aliphatic carbocycles. The molecule has 1 aromatic heterocycles. The van der Waals surface area contributed by atoms with Crippen LogP contribution in [-0.4, -0.2) is 52.9 Å². The van der Waals surface area contributed by atoms with Gasteiger partial charge >= 0.3 is 18.2 Å². The van der Waals surface area contributed by atoms with Crippen molar-refractivity contribution in [1.29, 1.82) is 0 Å². The Morgan fingerprint density at radius 2 is 1.90 bits per heavy atom. The van der Waals surface area contributed by atoms with E-state index in [0.717, 1.165) is 12.1 Å². The Morgan fingerprint density at radius 3 is 2.45 bits per heavy atom. The van der Waals surface area contributed by atoms with Crippen molar-refractivity contribution in [2.24, 2.45) is 0 Å². The van der Waals surface area contributed by atoms with Gasteiger partial charge in [-0.3, -0.25) is 0 Å². The molecule has 1 aliphatic heterocycles. The van der Waals surface area contributed by atoms with Gasteiger partial charge in [0.25, 0.3) is 0 Å². The largest absolute Gasteiger partial charge is 0.471 e. The first-order chi connectivity index (χ1) is 13.4. The summed E-state index contributed by atoms with van der Waals surface area (Å²) in [6, 6.07) is 6.93. The number of anilines is 1. The molecule has 2 aromatic rings. The second-order valence-corrected chi connectivity index (χ2v) is 7.95. The van der Waals surface area contributed by atoms with Gasteiger partial charge in [-0.15, -0.1) is 0 Å². The van der Waals surface area contributed by atoms with E-state index in [4.69, 9.17) is 4.74 Å². The average molecular weight is 412 g/mol. The summed E-state index contributed by atoms with van der Waals surface area (Å²) >= 11 is 0. The van der Waals surface area contributed by atoms with Crippen LogP contribution in [0.5, 0.6) is 0 Å². The molecule has 1 amide bonds. The van der Waals surface area contributed by atoms with Crippen LogP contribution in [0.1, 0.15) is 33.1 Å². The lowest BCUT2D eigenvalue weighted by Crippen LogP contribution is -2.39. The standard InChI is InChI=1S/C19H23F3N4O3/c1-18(2,3)28-17(27)26-10-9-14(11-26)25(4)13-7-5-12(6-8-13)15-23-16(29-24-15)19(20,21)22/h5-8,14H,9-11H2,1-4H3/t14-/m1/s1. The van der Waals surface area contributed by atoms with E-state index in [0.29, 0.717) is 18.7 Å². The zero-order valence-electron chi connectivity index (χ0n) is 16.7. The Kier molecular flexibility index (Phi) is 5.46. The highest BCUT2D eigenvalue weighted by atomic mass is 19.4. The molecule has 0 bridgehead atoms. The highest BCUT2D eigenvalue weighted by Gasteiger charge is 2.38. The Morgan fingerprint density at radius 1 is 1.24 bits per heavy atom. The van der Waals surface area contributed by atoms with Crippen molar-refractivity contribution in [3.8, 4) is 11.4 Å². The van der Waals surface area contributed by atoms with Crippen molar-refractivity contribution in [3.05, 3.63) is 30.2 Å². The molecule has 158 valence electrons. The number of benzene rings is 1. The van der Waals surface area contributed by atoms with Crippen LogP contribution < -0.4 is 4.90 Å². The van der Waals surface area contributed by atoms with E-state index in [1.54, 1.807) is 29.2 Å². The monoisotopic (exact) mass is 412 g/mol. The first-order valence-electron chi connectivity index (χ1n) is 9.16. The van der Waals surface area contributed by atoms with E-state index < -0.39 is 17.7 Å². The lowest BCUT2D eigenvalue weighted by atomic mass is 10.1. The highest BCUT2D eigenvalue weighted by molar-refractivity contribution is 5.69. The SMILES string of the molecule is CN(c1ccc(-c2noc(C(F)(F)F)n2)cc1)[C@@H]1CCN(C(=O)OC(C)(C)C)C1. The minimum atomic E-state index is -4.67. The number of carbonyl (C=O) groups excluding carboxylic acids is 1. The quantitative estimate of drug-likeness (QED) is 0.753. The van der Waals surface area contributed by atoms with Crippen molar-refractivity contribution >= 4 is 11.8 Å². The van der Waals surface area contributed by atoms with Gasteiger partial charge < -0.3 is 19.1 Å². The summed E-state index contributed by atoms with van der Waals surface area (Å²) in [5.41, 5.74) is 0.741. The number of likely N-dealkylation sites (tertiary alicyclic amines) is 1. The predicted octanol–water partition coefficient (Wildman–Crippen LogP) is 4.20. The Labute approximate surface area is 166 Å². The van der Waals surface area contributed by atoms with E-state index in [-0.39, 0.29) is 18.0 Å². The number of hydrogen-bond acceptors (Lipinski definition) is 6. The van der Waals surface area contributed by atoms with Crippen LogP contribution in [0.3, 0.4) is 0 Å². The van der Waals surface area contributed by atoms with Crippen molar-refractivity contribution < 1.29 is 27.2 Å². The fourth-order valence-corrected chi connectivity index (χ4v) is 3.06. The van der Waals surface area contributed by atoms with Crippen LogP contribution in [0, 0.1) is 0 Å². The summed E-state index contributed by atoms with van der Waals surface area (Å²) < 4.78 is 47.5. The maximum atomic E-state index is 12.6. The van der Waals surface area contributed by atoms with E-state index in [1.165, 1.54) is 0 Å². The van der Waals surface area contributed by atoms with E-state index >= 15 is 0 Å². The summed E-state index contributed by atoms with van der Waals surface area (Å²) in [7, 11) is 1.91. The predicted molar refractivity (Wildman–Crippen MR) is 99.4 cm³/mol. The smallest absolute Gasteiger partial charge is 0.444 e. The first kappa shape index (κ1) is 20.9. The zero-order chi connectivity index (χ0) is 21.4. The number of nitrogens with zero attached hydrogens (tertiary/aromatic N) is 4. The second-order valence-electron chi connectivity index (χ2n) is 7.95. The van der Waals surface area contributed by atoms with Gasteiger partial charge in [0.1, 0.15) is 5.60 Å². The molecule has 10 heteroatoms. The molecule has 3 rings (SSSR count). The summed E-state index contributed by atoms with van der Waals surface area (Å²) in [5, 5.41) is 3.39. The first-order valence-corrected chi connectivity index (χ1v) is 9.16. The molecule has 1 fully saturated rings. The molecule has 1 aromatic carbocycles. The summed E-state index contributed by atoms with van der Waals surface area (Å²) in [5.74, 6) is -1.50. The number of ether oxygens (including phenoxy) is 1. The van der Waals surface area contributed by atoms with Crippen molar-refractivity contribution in [3.63, 3.8) is 0 Å². The Bertz CT molecular complexity index is 859. The third kappa shape index (κ3) is 4.99. The number of halogens is 3. The number of amides is 1. The maximum absolute atomic E-state index is 12.6. The van der Waals surface area contributed by atoms with E-state index in [2.05, 4.69) is 14.7 Å². The van der Waals surface area contributed by atoms with Crippen LogP contribution in [0.2, 0.25) is 0 Å². The molecule has 0 saturated carbocycles. The van der Waals surface area contributed by atoms with E-state index in [1.807, 2.05) is 32.7 Å². The molecule has 29 heavy (non-hydrogen) atoms. The number of carbonyl (C=O) groups is 1. The molecule has 1 saturated heterocycles. The Balaban J connectivity index is 1.64. The minimum absolute atomic E-state index is 0.107. The van der Waals surface area contributed by atoms with Gasteiger partial charge in [0.05, 0.1) is 0 Å². The van der Waals surface area contributed by atoms with Gasteiger partial charge in [0.2, 0.25) is 5.82 Å². The number of likely N-dealkylation sites (N-methyl/N-ethyl adjacent to an activating group) is 1. The number of aromatic nitrogens is 2. The molecular weight excluding hydrogens is 389 g/mol. The average Bonchev–Trinajstić information content (AvgIpc) is 3.29. The minimum Gasteiger partial charge on any atom is -0.444 e. The molecule has 0 radical (unpaired) electrons. The highest BCUT2D eigenvalue weighted by Crippen LogP contribution is 2.30. The van der Waals surface area contributed by atoms with Gasteiger partial charge in [0.15, 0.2) is 0 Å². The molecule has 0 spiro atoms. The van der Waals surface area contributed by atoms with Crippen LogP contribution in [-0.2, 0) is 10.9 Å². The number of hydrogen-bond donors (Lipinski definition) is 0.